The Morgan fingerprint density at radius 3 is 2.66 bits per heavy atom. The van der Waals surface area contributed by atoms with E-state index in [-0.39, 0.29) is 29.8 Å². The summed E-state index contributed by atoms with van der Waals surface area (Å²) in [5, 5.41) is 6.56. The Morgan fingerprint density at radius 1 is 1.10 bits per heavy atom. The van der Waals surface area contributed by atoms with Crippen LogP contribution in [0, 0.1) is 12.7 Å². The molecule has 0 aromatic heterocycles. The van der Waals surface area contributed by atoms with Crippen molar-refractivity contribution in [3.05, 3.63) is 65.0 Å². The van der Waals surface area contributed by atoms with Gasteiger partial charge in [-0.1, -0.05) is 24.3 Å². The molecule has 7 heteroatoms. The number of nitrogens with zero attached hydrogens (tertiary/aromatic N) is 1. The smallest absolute Gasteiger partial charge is 0.191 e. The highest BCUT2D eigenvalue weighted by Gasteiger charge is 2.06. The molecule has 2 N–H and O–H groups in total. The van der Waals surface area contributed by atoms with Gasteiger partial charge in [-0.2, -0.15) is 0 Å². The fourth-order valence-electron chi connectivity index (χ4n) is 2.74. The highest BCUT2D eigenvalue weighted by molar-refractivity contribution is 14.0. The zero-order chi connectivity index (χ0) is 20.2. The second-order valence-corrected chi connectivity index (χ2v) is 6.54. The summed E-state index contributed by atoms with van der Waals surface area (Å²) in [6, 6.07) is 12.8. The van der Waals surface area contributed by atoms with Crippen molar-refractivity contribution in [2.24, 2.45) is 4.99 Å². The van der Waals surface area contributed by atoms with Crippen molar-refractivity contribution in [1.29, 1.82) is 0 Å². The minimum atomic E-state index is -0.211. The molecule has 0 bridgehead atoms. The van der Waals surface area contributed by atoms with Crippen LogP contribution in [0.2, 0.25) is 0 Å². The zero-order valence-electron chi connectivity index (χ0n) is 17.3. The molecule has 0 heterocycles. The van der Waals surface area contributed by atoms with E-state index in [4.69, 9.17) is 9.47 Å². The van der Waals surface area contributed by atoms with Gasteiger partial charge in [0.15, 0.2) is 5.96 Å². The Balaban J connectivity index is 0.00000420. The summed E-state index contributed by atoms with van der Waals surface area (Å²) in [5.74, 6) is 1.36. The second-order valence-electron chi connectivity index (χ2n) is 6.54. The number of ether oxygens (including phenoxy) is 2. The number of hydrogen-bond donors (Lipinski definition) is 2. The van der Waals surface area contributed by atoms with E-state index >= 15 is 0 Å². The van der Waals surface area contributed by atoms with Crippen LogP contribution in [0.15, 0.2) is 47.5 Å². The SMILES string of the molecule is CN=C(NCCc1cccc(F)c1)NCc1ccc(C)cc1OCCCOC.I. The third-order valence-electron chi connectivity index (χ3n) is 4.24. The first-order valence-electron chi connectivity index (χ1n) is 9.52. The van der Waals surface area contributed by atoms with Gasteiger partial charge >= 0.3 is 0 Å². The molecule has 0 saturated carbocycles. The van der Waals surface area contributed by atoms with Crippen LogP contribution in [-0.4, -0.2) is 39.9 Å². The third-order valence-corrected chi connectivity index (χ3v) is 4.24. The summed E-state index contributed by atoms with van der Waals surface area (Å²) in [6.45, 7) is 4.61. The Hall–Kier alpha value is -1.87. The maximum Gasteiger partial charge on any atom is 0.191 e. The van der Waals surface area contributed by atoms with E-state index in [0.717, 1.165) is 35.3 Å². The second kappa shape index (κ2) is 14.2. The lowest BCUT2D eigenvalue weighted by atomic mass is 10.1. The van der Waals surface area contributed by atoms with E-state index in [2.05, 4.69) is 27.8 Å². The number of hydrogen-bond acceptors (Lipinski definition) is 3. The van der Waals surface area contributed by atoms with Gasteiger partial charge < -0.3 is 20.1 Å². The number of halogens is 2. The standard InChI is InChI=1S/C22H30FN3O2.HI/c1-17-8-9-19(21(14-17)28-13-5-12-27-3)16-26-22(24-2)25-11-10-18-6-4-7-20(23)15-18;/h4,6-9,14-15H,5,10-13,16H2,1-3H3,(H2,24,25,26);1H. The topological polar surface area (TPSA) is 54.9 Å². The molecular weight excluding hydrogens is 484 g/mol. The number of guanidine groups is 1. The molecule has 29 heavy (non-hydrogen) atoms. The van der Waals surface area contributed by atoms with Crippen LogP contribution >= 0.6 is 24.0 Å². The summed E-state index contributed by atoms with van der Waals surface area (Å²) in [6.07, 6.45) is 1.57. The van der Waals surface area contributed by atoms with E-state index < -0.39 is 0 Å². The molecule has 2 aromatic rings. The monoisotopic (exact) mass is 515 g/mol. The lowest BCUT2D eigenvalue weighted by molar-refractivity contribution is 0.172. The predicted molar refractivity (Wildman–Crippen MR) is 127 cm³/mol. The van der Waals surface area contributed by atoms with E-state index in [9.17, 15) is 4.39 Å². The Labute approximate surface area is 190 Å². The first-order valence-corrected chi connectivity index (χ1v) is 9.52. The van der Waals surface area contributed by atoms with Crippen molar-refractivity contribution in [2.75, 3.05) is 33.9 Å². The number of rotatable bonds is 10. The minimum Gasteiger partial charge on any atom is -0.493 e. The molecule has 0 spiro atoms. The summed E-state index contributed by atoms with van der Waals surface area (Å²) in [7, 11) is 3.42. The van der Waals surface area contributed by atoms with Crippen LogP contribution in [-0.2, 0) is 17.7 Å². The molecule has 0 aliphatic rings. The lowest BCUT2D eigenvalue weighted by Gasteiger charge is -2.15. The zero-order valence-corrected chi connectivity index (χ0v) is 19.7. The molecule has 0 radical (unpaired) electrons. The highest BCUT2D eigenvalue weighted by atomic mass is 127. The maximum atomic E-state index is 13.3. The maximum absolute atomic E-state index is 13.3. The van der Waals surface area contributed by atoms with Crippen LogP contribution in [0.25, 0.3) is 0 Å². The molecule has 0 fully saturated rings. The van der Waals surface area contributed by atoms with Crippen molar-refractivity contribution in [3.8, 4) is 5.75 Å². The molecule has 0 atom stereocenters. The molecule has 0 aliphatic heterocycles. The highest BCUT2D eigenvalue weighted by Crippen LogP contribution is 2.20. The first-order chi connectivity index (χ1) is 13.6. The average molecular weight is 515 g/mol. The average Bonchev–Trinajstić information content (AvgIpc) is 2.69. The van der Waals surface area contributed by atoms with Crippen molar-refractivity contribution in [3.63, 3.8) is 0 Å². The van der Waals surface area contributed by atoms with E-state index in [0.29, 0.717) is 32.3 Å². The van der Waals surface area contributed by atoms with Crippen LogP contribution in [0.1, 0.15) is 23.1 Å². The van der Waals surface area contributed by atoms with E-state index in [1.807, 2.05) is 19.1 Å². The van der Waals surface area contributed by atoms with Crippen LogP contribution in [0.5, 0.6) is 5.75 Å². The predicted octanol–water partition coefficient (Wildman–Crippen LogP) is 4.08. The third kappa shape index (κ3) is 9.45. The van der Waals surface area contributed by atoms with Gasteiger partial charge in [-0.3, -0.25) is 4.99 Å². The van der Waals surface area contributed by atoms with Crippen molar-refractivity contribution < 1.29 is 13.9 Å². The lowest BCUT2D eigenvalue weighted by Crippen LogP contribution is -2.37. The molecule has 0 amide bonds. The van der Waals surface area contributed by atoms with Crippen molar-refractivity contribution >= 4 is 29.9 Å². The molecule has 5 nitrogen and oxygen atoms in total. The number of benzene rings is 2. The summed E-state index contributed by atoms with van der Waals surface area (Å²) >= 11 is 0. The van der Waals surface area contributed by atoms with Gasteiger partial charge in [0.2, 0.25) is 0 Å². The van der Waals surface area contributed by atoms with Gasteiger partial charge in [-0.15, -0.1) is 24.0 Å². The van der Waals surface area contributed by atoms with Crippen LogP contribution in [0.3, 0.4) is 0 Å². The Bertz CT molecular complexity index is 771. The molecule has 0 aliphatic carbocycles. The van der Waals surface area contributed by atoms with Crippen LogP contribution in [0.4, 0.5) is 4.39 Å². The Kier molecular flexibility index (Phi) is 12.3. The molecular formula is C22H31FIN3O2. The van der Waals surface area contributed by atoms with Gasteiger partial charge in [0.25, 0.3) is 0 Å². The number of nitrogens with one attached hydrogen (secondary N) is 2. The van der Waals surface area contributed by atoms with Crippen molar-refractivity contribution in [1.82, 2.24) is 10.6 Å². The summed E-state index contributed by atoms with van der Waals surface area (Å²) in [4.78, 5) is 4.25. The van der Waals surface area contributed by atoms with E-state index in [1.54, 1.807) is 26.3 Å². The fraction of sp³-hybridized carbons (Fsp3) is 0.409. The molecule has 2 aromatic carbocycles. The van der Waals surface area contributed by atoms with Gasteiger partial charge in [0, 0.05) is 45.8 Å². The van der Waals surface area contributed by atoms with Gasteiger partial charge in [0.1, 0.15) is 11.6 Å². The van der Waals surface area contributed by atoms with Gasteiger partial charge in [-0.05, 0) is 42.7 Å². The number of methoxy groups -OCH3 is 1. The van der Waals surface area contributed by atoms with Gasteiger partial charge in [0.05, 0.1) is 6.61 Å². The van der Waals surface area contributed by atoms with Crippen molar-refractivity contribution in [2.45, 2.75) is 26.3 Å². The van der Waals surface area contributed by atoms with Gasteiger partial charge in [-0.25, -0.2) is 4.39 Å². The summed E-state index contributed by atoms with van der Waals surface area (Å²) in [5.41, 5.74) is 3.17. The van der Waals surface area contributed by atoms with Crippen LogP contribution < -0.4 is 15.4 Å². The largest absolute Gasteiger partial charge is 0.493 e. The first kappa shape index (κ1) is 25.2. The molecule has 2 rings (SSSR count). The molecule has 0 saturated heterocycles. The summed E-state index contributed by atoms with van der Waals surface area (Å²) < 4.78 is 24.2. The fourth-order valence-corrected chi connectivity index (χ4v) is 2.74. The minimum absolute atomic E-state index is 0. The quantitative estimate of drug-likeness (QED) is 0.217. The normalized spacial score (nSPS) is 11.0. The Morgan fingerprint density at radius 2 is 1.93 bits per heavy atom. The van der Waals surface area contributed by atoms with E-state index in [1.165, 1.54) is 6.07 Å². The number of aliphatic imine (C=N–C) groups is 1. The molecule has 160 valence electrons. The molecule has 0 unspecified atom stereocenters. The number of aryl methyl sites for hydroxylation is 1.